The van der Waals surface area contributed by atoms with E-state index in [1.807, 2.05) is 13.0 Å². The summed E-state index contributed by atoms with van der Waals surface area (Å²) in [5.74, 6) is 0.381. The minimum atomic E-state index is -0.737. The van der Waals surface area contributed by atoms with E-state index in [9.17, 15) is 8.78 Å². The first-order valence-electron chi connectivity index (χ1n) is 8.43. The van der Waals surface area contributed by atoms with E-state index in [1.54, 1.807) is 26.3 Å². The lowest BCUT2D eigenvalue weighted by atomic mass is 10.2. The van der Waals surface area contributed by atoms with Gasteiger partial charge in [0.05, 0.1) is 20.3 Å². The first kappa shape index (κ1) is 20.3. The third kappa shape index (κ3) is 6.02. The number of ether oxygens (including phenoxy) is 3. The van der Waals surface area contributed by atoms with Crippen LogP contribution < -0.4 is 24.8 Å². The van der Waals surface area contributed by atoms with Gasteiger partial charge in [0, 0.05) is 24.9 Å². The van der Waals surface area contributed by atoms with Gasteiger partial charge in [0.2, 0.25) is 0 Å². The molecule has 2 aromatic carbocycles. The Hall–Kier alpha value is -3.03. The molecule has 146 valence electrons. The van der Waals surface area contributed by atoms with Crippen molar-refractivity contribution in [3.05, 3.63) is 48.0 Å². The molecule has 0 aliphatic carbocycles. The van der Waals surface area contributed by atoms with Crippen molar-refractivity contribution in [3.8, 4) is 17.2 Å². The summed E-state index contributed by atoms with van der Waals surface area (Å²) in [6.07, 6.45) is 0. The number of hydrogen-bond acceptors (Lipinski definition) is 4. The maximum absolute atomic E-state index is 13.5. The number of methoxy groups -OCH3 is 1. The van der Waals surface area contributed by atoms with E-state index in [2.05, 4.69) is 15.6 Å². The molecule has 0 bridgehead atoms. The van der Waals surface area contributed by atoms with Crippen molar-refractivity contribution in [2.75, 3.05) is 39.2 Å². The smallest absolute Gasteiger partial charge is 0.195 e. The van der Waals surface area contributed by atoms with Crippen LogP contribution in [0.15, 0.2) is 41.4 Å². The number of nitrogens with zero attached hydrogens (tertiary/aromatic N) is 1. The molecule has 0 amide bonds. The highest BCUT2D eigenvalue weighted by molar-refractivity contribution is 5.93. The number of halogens is 2. The number of benzene rings is 2. The van der Waals surface area contributed by atoms with Crippen LogP contribution in [0.3, 0.4) is 0 Å². The first-order valence-corrected chi connectivity index (χ1v) is 8.43. The molecule has 0 fully saturated rings. The molecular weight excluding hydrogens is 356 g/mol. The van der Waals surface area contributed by atoms with Crippen LogP contribution in [0.25, 0.3) is 0 Å². The van der Waals surface area contributed by atoms with Gasteiger partial charge in [0.1, 0.15) is 12.4 Å². The summed E-state index contributed by atoms with van der Waals surface area (Å²) in [7, 11) is 3.21. The van der Waals surface area contributed by atoms with Gasteiger partial charge in [0.15, 0.2) is 29.0 Å². The Kier molecular flexibility index (Phi) is 7.66. The van der Waals surface area contributed by atoms with Gasteiger partial charge in [-0.15, -0.1) is 0 Å². The van der Waals surface area contributed by atoms with Crippen molar-refractivity contribution >= 4 is 11.6 Å². The highest BCUT2D eigenvalue weighted by Gasteiger charge is 2.08. The van der Waals surface area contributed by atoms with E-state index >= 15 is 0 Å². The van der Waals surface area contributed by atoms with Crippen molar-refractivity contribution in [2.45, 2.75) is 6.92 Å². The summed E-state index contributed by atoms with van der Waals surface area (Å²) < 4.78 is 42.5. The van der Waals surface area contributed by atoms with Crippen LogP contribution in [0.1, 0.15) is 6.92 Å². The molecule has 0 aliphatic rings. The van der Waals surface area contributed by atoms with Crippen molar-refractivity contribution in [1.82, 2.24) is 5.32 Å². The van der Waals surface area contributed by atoms with Crippen LogP contribution in [0.2, 0.25) is 0 Å². The number of aliphatic imine (C=N–C) groups is 1. The standard InChI is InChI=1S/C19H23F2N3O3/c1-4-26-18-12-14(6-8-17(18)25-3)24-19(22-2)23-9-10-27-16-7-5-13(20)11-15(16)21/h5-8,11-12H,4,9-10H2,1-3H3,(H2,22,23,24). The highest BCUT2D eigenvalue weighted by atomic mass is 19.1. The lowest BCUT2D eigenvalue weighted by Crippen LogP contribution is -2.33. The number of rotatable bonds is 8. The fraction of sp³-hybridized carbons (Fsp3) is 0.316. The fourth-order valence-electron chi connectivity index (χ4n) is 2.26. The first-order chi connectivity index (χ1) is 13.1. The van der Waals surface area contributed by atoms with Gasteiger partial charge in [-0.05, 0) is 31.2 Å². The van der Waals surface area contributed by atoms with Crippen LogP contribution >= 0.6 is 0 Å². The maximum Gasteiger partial charge on any atom is 0.195 e. The van der Waals surface area contributed by atoms with E-state index < -0.39 is 11.6 Å². The molecule has 0 spiro atoms. The van der Waals surface area contributed by atoms with E-state index in [-0.39, 0.29) is 12.4 Å². The monoisotopic (exact) mass is 379 g/mol. The predicted molar refractivity (Wildman–Crippen MR) is 101 cm³/mol. The molecule has 6 nitrogen and oxygen atoms in total. The number of nitrogens with one attached hydrogen (secondary N) is 2. The van der Waals surface area contributed by atoms with Crippen molar-refractivity contribution in [2.24, 2.45) is 4.99 Å². The SMILES string of the molecule is CCOc1cc(NC(=NC)NCCOc2ccc(F)cc2F)ccc1OC. The van der Waals surface area contributed by atoms with Gasteiger partial charge in [0.25, 0.3) is 0 Å². The lowest BCUT2D eigenvalue weighted by molar-refractivity contribution is 0.305. The Balaban J connectivity index is 1.87. The Morgan fingerprint density at radius 3 is 2.48 bits per heavy atom. The van der Waals surface area contributed by atoms with Gasteiger partial charge >= 0.3 is 0 Å². The van der Waals surface area contributed by atoms with Crippen LogP contribution in [-0.2, 0) is 0 Å². The van der Waals surface area contributed by atoms with Gasteiger partial charge in [-0.25, -0.2) is 8.78 Å². The Morgan fingerprint density at radius 2 is 1.81 bits per heavy atom. The zero-order valence-corrected chi connectivity index (χ0v) is 15.5. The Bertz CT molecular complexity index is 785. The average molecular weight is 379 g/mol. The minimum Gasteiger partial charge on any atom is -0.493 e. The molecule has 0 heterocycles. The molecule has 0 unspecified atom stereocenters. The van der Waals surface area contributed by atoms with Gasteiger partial charge in [-0.2, -0.15) is 0 Å². The van der Waals surface area contributed by atoms with Gasteiger partial charge in [-0.3, -0.25) is 4.99 Å². The molecule has 2 aromatic rings. The molecule has 27 heavy (non-hydrogen) atoms. The molecular formula is C19H23F2N3O3. The number of hydrogen-bond donors (Lipinski definition) is 2. The van der Waals surface area contributed by atoms with E-state index in [4.69, 9.17) is 14.2 Å². The summed E-state index contributed by atoms with van der Waals surface area (Å²) in [6.45, 7) is 2.95. The zero-order chi connectivity index (χ0) is 19.6. The van der Waals surface area contributed by atoms with Crippen molar-refractivity contribution in [1.29, 1.82) is 0 Å². The van der Waals surface area contributed by atoms with E-state index in [1.165, 1.54) is 6.07 Å². The third-order valence-electron chi connectivity index (χ3n) is 3.50. The molecule has 2 N–H and O–H groups in total. The van der Waals surface area contributed by atoms with Gasteiger partial charge in [-0.1, -0.05) is 0 Å². The van der Waals surface area contributed by atoms with Crippen LogP contribution in [0, 0.1) is 11.6 Å². The molecule has 2 rings (SSSR count). The second kappa shape index (κ2) is 10.2. The van der Waals surface area contributed by atoms with Crippen molar-refractivity contribution in [3.63, 3.8) is 0 Å². The normalized spacial score (nSPS) is 11.1. The largest absolute Gasteiger partial charge is 0.493 e. The fourth-order valence-corrected chi connectivity index (χ4v) is 2.26. The summed E-state index contributed by atoms with van der Waals surface area (Å²) >= 11 is 0. The zero-order valence-electron chi connectivity index (χ0n) is 15.5. The van der Waals surface area contributed by atoms with Crippen molar-refractivity contribution < 1.29 is 23.0 Å². The lowest BCUT2D eigenvalue weighted by Gasteiger charge is -2.15. The summed E-state index contributed by atoms with van der Waals surface area (Å²) in [5, 5.41) is 6.16. The number of anilines is 1. The van der Waals surface area contributed by atoms with E-state index in [0.29, 0.717) is 30.6 Å². The van der Waals surface area contributed by atoms with Gasteiger partial charge < -0.3 is 24.8 Å². The molecule has 0 aromatic heterocycles. The van der Waals surface area contributed by atoms with Crippen LogP contribution in [-0.4, -0.2) is 39.9 Å². The van der Waals surface area contributed by atoms with E-state index in [0.717, 1.165) is 17.8 Å². The Labute approximate surface area is 157 Å². The number of guanidine groups is 1. The molecule has 0 aliphatic heterocycles. The maximum atomic E-state index is 13.5. The highest BCUT2D eigenvalue weighted by Crippen LogP contribution is 2.30. The quantitative estimate of drug-likeness (QED) is 0.418. The summed E-state index contributed by atoms with van der Waals surface area (Å²) in [6, 6.07) is 8.61. The Morgan fingerprint density at radius 1 is 1.04 bits per heavy atom. The molecule has 0 atom stereocenters. The topological polar surface area (TPSA) is 64.1 Å². The average Bonchev–Trinajstić information content (AvgIpc) is 2.66. The van der Waals surface area contributed by atoms with Crippen LogP contribution in [0.5, 0.6) is 17.2 Å². The second-order valence-corrected chi connectivity index (χ2v) is 5.35. The van der Waals surface area contributed by atoms with Crippen LogP contribution in [0.4, 0.5) is 14.5 Å². The molecule has 0 radical (unpaired) electrons. The third-order valence-corrected chi connectivity index (χ3v) is 3.50. The summed E-state index contributed by atoms with van der Waals surface area (Å²) in [5.41, 5.74) is 0.762. The minimum absolute atomic E-state index is 0.00217. The second-order valence-electron chi connectivity index (χ2n) is 5.35. The molecule has 0 saturated carbocycles. The predicted octanol–water partition coefficient (Wildman–Crippen LogP) is 3.44. The molecule has 8 heteroatoms. The summed E-state index contributed by atoms with van der Waals surface area (Å²) in [4.78, 5) is 4.12. The molecule has 0 saturated heterocycles.